The molecule has 0 spiro atoms. The number of rotatable bonds is 9. The molecule has 0 aromatic carbocycles. The van der Waals surface area contributed by atoms with E-state index in [1.54, 1.807) is 12.3 Å². The monoisotopic (exact) mass is 233 g/mol. The molecule has 1 atom stereocenters. The minimum atomic E-state index is 0.213. The fourth-order valence-electron chi connectivity index (χ4n) is 2.17. The lowest BCUT2D eigenvalue weighted by Crippen LogP contribution is -2.18. The van der Waals surface area contributed by atoms with Gasteiger partial charge in [0, 0.05) is 12.4 Å². The number of nitrogens with zero attached hydrogens (tertiary/aromatic N) is 1. The maximum atomic E-state index is 4.24. The maximum Gasteiger partial charge on any atom is 0.0305 e. The summed E-state index contributed by atoms with van der Waals surface area (Å²) in [6.45, 7) is 14.3. The molecule has 0 rings (SSSR count). The van der Waals surface area contributed by atoms with Crippen LogP contribution in [-0.4, -0.2) is 6.21 Å². The van der Waals surface area contributed by atoms with E-state index in [0.717, 1.165) is 0 Å². The molecule has 0 bridgehead atoms. The summed E-state index contributed by atoms with van der Waals surface area (Å²) in [5.74, 6) is 0. The predicted molar refractivity (Wildman–Crippen MR) is 79.5 cm³/mol. The van der Waals surface area contributed by atoms with E-state index in [-0.39, 0.29) is 5.41 Å². The van der Waals surface area contributed by atoms with Gasteiger partial charge in [-0.25, -0.2) is 0 Å². The van der Waals surface area contributed by atoms with Crippen molar-refractivity contribution in [3.05, 3.63) is 37.1 Å². The van der Waals surface area contributed by atoms with Crippen LogP contribution in [0.1, 0.15) is 52.9 Å². The van der Waals surface area contributed by atoms with Crippen molar-refractivity contribution in [2.45, 2.75) is 52.9 Å². The second kappa shape index (κ2) is 8.98. The Bertz CT molecular complexity index is 286. The molecule has 0 aromatic rings. The highest BCUT2D eigenvalue weighted by atomic mass is 14.7. The maximum absolute atomic E-state index is 4.24. The fourth-order valence-corrected chi connectivity index (χ4v) is 2.17. The SMILES string of the molecule is C=CC=N/C=C(\C=C)C(C)(CCC)CCCC. The van der Waals surface area contributed by atoms with E-state index < -0.39 is 0 Å². The predicted octanol–water partition coefficient (Wildman–Crippen LogP) is 5.31. The van der Waals surface area contributed by atoms with Crippen LogP contribution in [0.15, 0.2) is 42.1 Å². The summed E-state index contributed by atoms with van der Waals surface area (Å²) < 4.78 is 0. The molecule has 0 aromatic heterocycles. The van der Waals surface area contributed by atoms with E-state index in [1.807, 2.05) is 12.3 Å². The number of aliphatic imine (C=N–C) groups is 1. The molecule has 0 fully saturated rings. The number of allylic oxidation sites excluding steroid dienone is 3. The van der Waals surface area contributed by atoms with Gasteiger partial charge in [0.1, 0.15) is 0 Å². The Labute approximate surface area is 107 Å². The molecule has 1 heteroatoms. The number of hydrogen-bond donors (Lipinski definition) is 0. The lowest BCUT2D eigenvalue weighted by atomic mass is 9.74. The molecule has 0 saturated carbocycles. The van der Waals surface area contributed by atoms with Gasteiger partial charge in [-0.2, -0.15) is 0 Å². The molecule has 0 aliphatic rings. The Morgan fingerprint density at radius 2 is 1.88 bits per heavy atom. The van der Waals surface area contributed by atoms with Gasteiger partial charge in [0.15, 0.2) is 0 Å². The van der Waals surface area contributed by atoms with Gasteiger partial charge in [-0.15, -0.1) is 0 Å². The first-order chi connectivity index (χ1) is 8.14. The molecule has 0 radical (unpaired) electrons. The van der Waals surface area contributed by atoms with E-state index in [9.17, 15) is 0 Å². The lowest BCUT2D eigenvalue weighted by Gasteiger charge is -2.30. The zero-order valence-electron chi connectivity index (χ0n) is 11.7. The average molecular weight is 233 g/mol. The summed E-state index contributed by atoms with van der Waals surface area (Å²) in [5, 5.41) is 0. The minimum absolute atomic E-state index is 0.213. The van der Waals surface area contributed by atoms with Gasteiger partial charge in [-0.3, -0.25) is 4.99 Å². The van der Waals surface area contributed by atoms with Gasteiger partial charge in [0.05, 0.1) is 0 Å². The summed E-state index contributed by atoms with van der Waals surface area (Å²) in [6.07, 6.45) is 13.4. The topological polar surface area (TPSA) is 12.4 Å². The largest absolute Gasteiger partial charge is 0.264 e. The first-order valence-corrected chi connectivity index (χ1v) is 6.61. The Hall–Kier alpha value is -1.11. The van der Waals surface area contributed by atoms with Crippen molar-refractivity contribution in [1.82, 2.24) is 0 Å². The van der Waals surface area contributed by atoms with Crippen LogP contribution in [0.5, 0.6) is 0 Å². The third-order valence-electron chi connectivity index (χ3n) is 3.21. The van der Waals surface area contributed by atoms with Crippen LogP contribution in [0.2, 0.25) is 0 Å². The second-order valence-electron chi connectivity index (χ2n) is 4.74. The van der Waals surface area contributed by atoms with Crippen molar-refractivity contribution >= 4 is 6.21 Å². The molecule has 0 aliphatic heterocycles. The van der Waals surface area contributed by atoms with Crippen LogP contribution in [0.25, 0.3) is 0 Å². The van der Waals surface area contributed by atoms with Crippen molar-refractivity contribution in [2.24, 2.45) is 10.4 Å². The molecule has 17 heavy (non-hydrogen) atoms. The van der Waals surface area contributed by atoms with Crippen molar-refractivity contribution in [3.8, 4) is 0 Å². The Kier molecular flexibility index (Phi) is 8.39. The highest BCUT2D eigenvalue weighted by Crippen LogP contribution is 2.38. The van der Waals surface area contributed by atoms with Crippen molar-refractivity contribution < 1.29 is 0 Å². The quantitative estimate of drug-likeness (QED) is 0.378. The highest BCUT2D eigenvalue weighted by Gasteiger charge is 2.25. The Balaban J connectivity index is 4.95. The van der Waals surface area contributed by atoms with Crippen LogP contribution in [0.4, 0.5) is 0 Å². The molecule has 0 heterocycles. The summed E-state index contributed by atoms with van der Waals surface area (Å²) in [7, 11) is 0. The zero-order chi connectivity index (χ0) is 13.1. The molecule has 0 N–H and O–H groups in total. The minimum Gasteiger partial charge on any atom is -0.264 e. The highest BCUT2D eigenvalue weighted by molar-refractivity contribution is 5.70. The van der Waals surface area contributed by atoms with E-state index in [4.69, 9.17) is 0 Å². The van der Waals surface area contributed by atoms with E-state index in [1.165, 1.54) is 37.7 Å². The van der Waals surface area contributed by atoms with Gasteiger partial charge in [0.25, 0.3) is 0 Å². The summed E-state index contributed by atoms with van der Waals surface area (Å²) in [5.41, 5.74) is 1.45. The van der Waals surface area contributed by atoms with Crippen LogP contribution < -0.4 is 0 Å². The van der Waals surface area contributed by atoms with E-state index in [2.05, 4.69) is 38.9 Å². The molecule has 0 aliphatic carbocycles. The van der Waals surface area contributed by atoms with Gasteiger partial charge in [-0.1, -0.05) is 65.3 Å². The molecular weight excluding hydrogens is 206 g/mol. The molecule has 96 valence electrons. The first-order valence-electron chi connectivity index (χ1n) is 6.61. The summed E-state index contributed by atoms with van der Waals surface area (Å²) in [4.78, 5) is 4.24. The van der Waals surface area contributed by atoms with Gasteiger partial charge >= 0.3 is 0 Å². The average Bonchev–Trinajstić information content (AvgIpc) is 2.32. The smallest absolute Gasteiger partial charge is 0.0305 e. The summed E-state index contributed by atoms with van der Waals surface area (Å²) in [6, 6.07) is 0. The molecular formula is C16H27N. The van der Waals surface area contributed by atoms with Crippen LogP contribution in [0.3, 0.4) is 0 Å². The normalized spacial score (nSPS) is 15.8. The van der Waals surface area contributed by atoms with E-state index >= 15 is 0 Å². The number of unbranched alkanes of at least 4 members (excludes halogenated alkanes) is 1. The van der Waals surface area contributed by atoms with Crippen molar-refractivity contribution in [3.63, 3.8) is 0 Å². The van der Waals surface area contributed by atoms with Gasteiger partial charge < -0.3 is 0 Å². The second-order valence-corrected chi connectivity index (χ2v) is 4.74. The number of hydrogen-bond acceptors (Lipinski definition) is 1. The van der Waals surface area contributed by atoms with Crippen molar-refractivity contribution in [2.75, 3.05) is 0 Å². The Morgan fingerprint density at radius 1 is 1.18 bits per heavy atom. The van der Waals surface area contributed by atoms with Crippen molar-refractivity contribution in [1.29, 1.82) is 0 Å². The van der Waals surface area contributed by atoms with E-state index in [0.29, 0.717) is 0 Å². The van der Waals surface area contributed by atoms with Crippen LogP contribution in [-0.2, 0) is 0 Å². The molecule has 1 nitrogen and oxygen atoms in total. The fraction of sp³-hybridized carbons (Fsp3) is 0.562. The van der Waals surface area contributed by atoms with Crippen LogP contribution in [0, 0.1) is 5.41 Å². The first kappa shape index (κ1) is 15.9. The lowest BCUT2D eigenvalue weighted by molar-refractivity contribution is 0.328. The third kappa shape index (κ3) is 5.67. The molecule has 1 unspecified atom stereocenters. The van der Waals surface area contributed by atoms with Crippen LogP contribution >= 0.6 is 0 Å². The Morgan fingerprint density at radius 3 is 2.35 bits per heavy atom. The van der Waals surface area contributed by atoms with Gasteiger partial charge in [0.2, 0.25) is 0 Å². The summed E-state index contributed by atoms with van der Waals surface area (Å²) >= 11 is 0. The third-order valence-corrected chi connectivity index (χ3v) is 3.21. The zero-order valence-corrected chi connectivity index (χ0v) is 11.7. The molecule has 0 amide bonds. The van der Waals surface area contributed by atoms with Gasteiger partial charge in [-0.05, 0) is 23.8 Å². The standard InChI is InChI=1S/C16H27N/c1-6-10-12-16(5,11-7-2)15(9-4)14-17-13-8-3/h8-9,13-14H,3-4,6-7,10-12H2,1-2,5H3/b15-14+,17-13?. The molecule has 0 saturated heterocycles.